The highest BCUT2D eigenvalue weighted by molar-refractivity contribution is 6.30. The number of oxazole rings is 1. The largest absolute Gasteiger partial charge is 0.441 e. The average molecular weight is 450 g/mol. The number of aryl methyl sites for hydroxylation is 1. The number of nitrogens with one attached hydrogen (secondary N) is 1. The minimum atomic E-state index is -0.138. The summed E-state index contributed by atoms with van der Waals surface area (Å²) in [6.45, 7) is 0.582. The lowest BCUT2D eigenvalue weighted by molar-refractivity contribution is -0.128. The normalized spacial score (nSPS) is 22.2. The second-order valence-electron chi connectivity index (χ2n) is 8.46. The molecule has 1 aliphatic carbocycles. The van der Waals surface area contributed by atoms with Gasteiger partial charge in [-0.15, -0.1) is 0 Å². The molecule has 164 valence electrons. The quantitative estimate of drug-likeness (QED) is 0.586. The van der Waals surface area contributed by atoms with Crippen LogP contribution in [0.5, 0.6) is 0 Å². The Bertz CT molecular complexity index is 1110. The topological polar surface area (TPSA) is 75.4 Å². The highest BCUT2D eigenvalue weighted by Gasteiger charge is 2.47. The Morgan fingerprint density at radius 1 is 1.16 bits per heavy atom. The summed E-state index contributed by atoms with van der Waals surface area (Å²) in [4.78, 5) is 31.2. The van der Waals surface area contributed by atoms with Gasteiger partial charge in [-0.1, -0.05) is 41.9 Å². The van der Waals surface area contributed by atoms with E-state index in [4.69, 9.17) is 16.0 Å². The number of halogens is 1. The Morgan fingerprint density at radius 3 is 2.72 bits per heavy atom. The summed E-state index contributed by atoms with van der Waals surface area (Å²) in [6.07, 6.45) is 3.69. The number of hydrogen-bond donors (Lipinski definition) is 1. The first-order valence-electron chi connectivity index (χ1n) is 10.9. The first kappa shape index (κ1) is 20.8. The summed E-state index contributed by atoms with van der Waals surface area (Å²) in [5, 5.41) is 3.66. The molecule has 2 heterocycles. The Morgan fingerprint density at radius 2 is 1.94 bits per heavy atom. The van der Waals surface area contributed by atoms with Crippen LogP contribution in [0.3, 0.4) is 0 Å². The molecule has 0 bridgehead atoms. The van der Waals surface area contributed by atoms with Crippen molar-refractivity contribution < 1.29 is 14.0 Å². The molecule has 1 saturated heterocycles. The number of carbonyl (C=O) groups is 2. The molecule has 1 aliphatic heterocycles. The van der Waals surface area contributed by atoms with Gasteiger partial charge in [0.1, 0.15) is 0 Å². The summed E-state index contributed by atoms with van der Waals surface area (Å²) in [7, 11) is 0. The van der Waals surface area contributed by atoms with Crippen molar-refractivity contribution in [3.8, 4) is 11.3 Å². The van der Waals surface area contributed by atoms with Crippen molar-refractivity contribution >= 4 is 23.4 Å². The van der Waals surface area contributed by atoms with E-state index in [0.29, 0.717) is 42.0 Å². The second-order valence-corrected chi connectivity index (χ2v) is 8.90. The summed E-state index contributed by atoms with van der Waals surface area (Å²) in [6, 6.07) is 17.7. The summed E-state index contributed by atoms with van der Waals surface area (Å²) < 4.78 is 5.76. The van der Waals surface area contributed by atoms with Gasteiger partial charge in [0.05, 0.1) is 12.2 Å². The van der Waals surface area contributed by atoms with E-state index in [1.807, 2.05) is 35.2 Å². The molecule has 32 heavy (non-hydrogen) atoms. The van der Waals surface area contributed by atoms with Gasteiger partial charge in [0.15, 0.2) is 11.7 Å². The predicted molar refractivity (Wildman–Crippen MR) is 121 cm³/mol. The Hall–Kier alpha value is -3.12. The van der Waals surface area contributed by atoms with Gasteiger partial charge in [-0.05, 0) is 36.2 Å². The molecule has 1 saturated carbocycles. The predicted octanol–water partition coefficient (Wildman–Crippen LogP) is 4.20. The highest BCUT2D eigenvalue weighted by atomic mass is 35.5. The van der Waals surface area contributed by atoms with E-state index in [-0.39, 0.29) is 30.3 Å². The van der Waals surface area contributed by atoms with Crippen molar-refractivity contribution in [1.82, 2.24) is 15.2 Å². The molecule has 0 radical (unpaired) electrons. The first-order valence-corrected chi connectivity index (χ1v) is 11.3. The Labute approximate surface area is 191 Å². The number of benzene rings is 2. The Balaban J connectivity index is 1.10. The van der Waals surface area contributed by atoms with Crippen molar-refractivity contribution in [2.24, 2.45) is 0 Å². The van der Waals surface area contributed by atoms with Crippen LogP contribution >= 0.6 is 11.6 Å². The first-order chi connectivity index (χ1) is 15.6. The molecule has 7 heteroatoms. The van der Waals surface area contributed by atoms with Crippen LogP contribution in [0.15, 0.2) is 65.2 Å². The molecule has 2 aliphatic rings. The van der Waals surface area contributed by atoms with Gasteiger partial charge in [0.25, 0.3) is 0 Å². The van der Waals surface area contributed by atoms with Gasteiger partial charge in [-0.2, -0.15) is 0 Å². The zero-order chi connectivity index (χ0) is 22.1. The molecule has 1 N–H and O–H groups in total. The van der Waals surface area contributed by atoms with Crippen LogP contribution < -0.4 is 5.32 Å². The molecule has 1 aromatic heterocycles. The van der Waals surface area contributed by atoms with Crippen LogP contribution in [0.4, 0.5) is 0 Å². The van der Waals surface area contributed by atoms with Gasteiger partial charge in [-0.25, -0.2) is 4.98 Å². The minimum absolute atomic E-state index is 0.0914. The zero-order valence-electron chi connectivity index (χ0n) is 17.5. The number of aromatic nitrogens is 1. The van der Waals surface area contributed by atoms with Crippen LogP contribution in [0.25, 0.3) is 11.3 Å². The van der Waals surface area contributed by atoms with E-state index in [1.165, 1.54) is 5.56 Å². The van der Waals surface area contributed by atoms with Crippen LogP contribution in [0.2, 0.25) is 5.02 Å². The molecule has 2 aromatic carbocycles. The van der Waals surface area contributed by atoms with Gasteiger partial charge in [-0.3, -0.25) is 9.59 Å². The summed E-state index contributed by atoms with van der Waals surface area (Å²) in [5.74, 6) is 1.60. The molecule has 0 unspecified atom stereocenters. The molecule has 2 fully saturated rings. The SMILES string of the molecule is O=C(CCc1ncc(-c2ccc(Cl)cc2)o1)N[C@@H]1CC(=O)N([C@H]2C[C@@H]2c2ccccc2)C1. The Kier molecular flexibility index (Phi) is 5.70. The number of nitrogens with zero attached hydrogens (tertiary/aromatic N) is 2. The van der Waals surface area contributed by atoms with Gasteiger partial charge in [0.2, 0.25) is 11.8 Å². The molecule has 6 nitrogen and oxygen atoms in total. The number of carbonyl (C=O) groups excluding carboxylic acids is 2. The third kappa shape index (κ3) is 4.55. The van der Waals surface area contributed by atoms with Crippen LogP contribution in [-0.2, 0) is 16.0 Å². The lowest BCUT2D eigenvalue weighted by atomic mass is 10.1. The van der Waals surface area contributed by atoms with E-state index in [2.05, 4.69) is 22.4 Å². The lowest BCUT2D eigenvalue weighted by Crippen LogP contribution is -2.37. The molecule has 2 amide bonds. The molecule has 3 atom stereocenters. The van der Waals surface area contributed by atoms with E-state index in [1.54, 1.807) is 18.3 Å². The van der Waals surface area contributed by atoms with Gasteiger partial charge in [0, 0.05) is 48.4 Å². The maximum atomic E-state index is 12.5. The molecule has 3 aromatic rings. The van der Waals surface area contributed by atoms with Crippen molar-refractivity contribution in [3.05, 3.63) is 77.3 Å². The van der Waals surface area contributed by atoms with Crippen molar-refractivity contribution in [3.63, 3.8) is 0 Å². The van der Waals surface area contributed by atoms with E-state index in [9.17, 15) is 9.59 Å². The maximum absolute atomic E-state index is 12.5. The zero-order valence-corrected chi connectivity index (χ0v) is 18.3. The smallest absolute Gasteiger partial charge is 0.225 e. The minimum Gasteiger partial charge on any atom is -0.441 e. The molecular formula is C25H24ClN3O3. The fraction of sp³-hybridized carbons (Fsp3) is 0.320. The number of amides is 2. The third-order valence-electron chi connectivity index (χ3n) is 6.16. The average Bonchev–Trinajstić information content (AvgIpc) is 3.30. The fourth-order valence-electron chi connectivity index (χ4n) is 4.43. The van der Waals surface area contributed by atoms with Crippen LogP contribution in [-0.4, -0.2) is 40.3 Å². The van der Waals surface area contributed by atoms with E-state index >= 15 is 0 Å². The lowest BCUT2D eigenvalue weighted by Gasteiger charge is -2.17. The maximum Gasteiger partial charge on any atom is 0.225 e. The molecule has 5 rings (SSSR count). The van der Waals surface area contributed by atoms with Crippen molar-refractivity contribution in [1.29, 1.82) is 0 Å². The summed E-state index contributed by atoms with van der Waals surface area (Å²) >= 11 is 5.92. The standard InChI is InChI=1S/C25H24ClN3O3/c26-18-8-6-17(7-9-18)22-14-27-24(32-22)11-10-23(30)28-19-12-25(31)29(15-19)21-13-20(21)16-4-2-1-3-5-16/h1-9,14,19-21H,10-13,15H2,(H,28,30)/t19-,20-,21+/m1/s1. The van der Waals surface area contributed by atoms with E-state index in [0.717, 1.165) is 12.0 Å². The monoisotopic (exact) mass is 449 g/mol. The number of hydrogen-bond acceptors (Lipinski definition) is 4. The summed E-state index contributed by atoms with van der Waals surface area (Å²) in [5.41, 5.74) is 2.16. The van der Waals surface area contributed by atoms with Crippen LogP contribution in [0, 0.1) is 0 Å². The van der Waals surface area contributed by atoms with Gasteiger partial charge >= 0.3 is 0 Å². The molecule has 0 spiro atoms. The van der Waals surface area contributed by atoms with Crippen LogP contribution in [0.1, 0.15) is 36.6 Å². The fourth-order valence-corrected chi connectivity index (χ4v) is 4.55. The third-order valence-corrected chi connectivity index (χ3v) is 6.41. The highest BCUT2D eigenvalue weighted by Crippen LogP contribution is 2.45. The molecular weight excluding hydrogens is 426 g/mol. The van der Waals surface area contributed by atoms with Gasteiger partial charge < -0.3 is 14.6 Å². The van der Waals surface area contributed by atoms with E-state index < -0.39 is 0 Å². The number of rotatable bonds is 7. The second kappa shape index (κ2) is 8.79. The number of likely N-dealkylation sites (tertiary alicyclic amines) is 1. The van der Waals surface area contributed by atoms with Crippen molar-refractivity contribution in [2.45, 2.75) is 43.7 Å². The van der Waals surface area contributed by atoms with Crippen molar-refractivity contribution in [2.75, 3.05) is 6.54 Å².